The number of rotatable bonds is 5. The summed E-state index contributed by atoms with van der Waals surface area (Å²) in [5.74, 6) is 1.01. The van der Waals surface area contributed by atoms with Gasteiger partial charge in [0.05, 0.1) is 6.61 Å². The predicted molar refractivity (Wildman–Crippen MR) is 81.8 cm³/mol. The monoisotopic (exact) mass is 274 g/mol. The molecule has 2 aliphatic heterocycles. The molecular weight excluding hydrogens is 248 g/mol. The topological polar surface area (TPSA) is 38.5 Å². The Kier molecular flexibility index (Phi) is 4.27. The first-order chi connectivity index (χ1) is 9.76. The Hall–Kier alpha value is -1.06. The second-order valence-corrected chi connectivity index (χ2v) is 6.28. The lowest BCUT2D eigenvalue weighted by Gasteiger charge is -2.37. The Labute approximate surface area is 122 Å². The fourth-order valence-electron chi connectivity index (χ4n) is 3.74. The summed E-state index contributed by atoms with van der Waals surface area (Å²) in [4.78, 5) is 2.67. The summed E-state index contributed by atoms with van der Waals surface area (Å²) in [7, 11) is 0. The van der Waals surface area contributed by atoms with Crippen LogP contribution < -0.4 is 10.5 Å². The molecule has 3 heteroatoms. The third kappa shape index (κ3) is 2.99. The molecule has 3 nitrogen and oxygen atoms in total. The summed E-state index contributed by atoms with van der Waals surface area (Å²) in [5, 5.41) is 0. The minimum Gasteiger partial charge on any atom is -0.494 e. The Morgan fingerprint density at radius 2 is 2.00 bits per heavy atom. The van der Waals surface area contributed by atoms with Crippen LogP contribution in [0.1, 0.15) is 44.6 Å². The molecular formula is C17H26N2O. The van der Waals surface area contributed by atoms with E-state index in [-0.39, 0.29) is 0 Å². The van der Waals surface area contributed by atoms with Gasteiger partial charge in [0, 0.05) is 24.7 Å². The van der Waals surface area contributed by atoms with Crippen molar-refractivity contribution in [3.05, 3.63) is 29.8 Å². The van der Waals surface area contributed by atoms with Crippen LogP contribution in [-0.4, -0.2) is 29.6 Å². The van der Waals surface area contributed by atoms with Gasteiger partial charge in [0.15, 0.2) is 0 Å². The van der Waals surface area contributed by atoms with Gasteiger partial charge in [-0.3, -0.25) is 4.90 Å². The van der Waals surface area contributed by atoms with Crippen LogP contribution in [0.3, 0.4) is 0 Å². The molecule has 2 bridgehead atoms. The van der Waals surface area contributed by atoms with Crippen molar-refractivity contribution in [1.82, 2.24) is 4.90 Å². The molecule has 2 atom stereocenters. The molecule has 0 aliphatic carbocycles. The molecule has 0 aromatic heterocycles. The van der Waals surface area contributed by atoms with Gasteiger partial charge in [-0.25, -0.2) is 0 Å². The molecule has 2 saturated heterocycles. The van der Waals surface area contributed by atoms with E-state index in [1.807, 2.05) is 0 Å². The average Bonchev–Trinajstić information content (AvgIpc) is 2.69. The number of fused-ring (bicyclic) bond motifs is 2. The van der Waals surface area contributed by atoms with Crippen LogP contribution >= 0.6 is 0 Å². The third-order valence-electron chi connectivity index (χ3n) is 4.66. The van der Waals surface area contributed by atoms with Crippen molar-refractivity contribution in [2.75, 3.05) is 6.61 Å². The van der Waals surface area contributed by atoms with E-state index < -0.39 is 0 Å². The molecule has 2 unspecified atom stereocenters. The quantitative estimate of drug-likeness (QED) is 0.897. The summed E-state index contributed by atoms with van der Waals surface area (Å²) in [6.45, 7) is 3.98. The van der Waals surface area contributed by atoms with E-state index in [1.165, 1.54) is 31.2 Å². The van der Waals surface area contributed by atoms with Crippen molar-refractivity contribution in [3.63, 3.8) is 0 Å². The summed E-state index contributed by atoms with van der Waals surface area (Å²) in [6, 6.07) is 10.4. The molecule has 0 amide bonds. The highest BCUT2D eigenvalue weighted by atomic mass is 16.5. The number of ether oxygens (including phenoxy) is 1. The lowest BCUT2D eigenvalue weighted by Crippen LogP contribution is -2.46. The molecule has 0 saturated carbocycles. The first kappa shape index (κ1) is 13.9. The van der Waals surface area contributed by atoms with E-state index in [0.717, 1.165) is 25.3 Å². The van der Waals surface area contributed by atoms with Crippen molar-refractivity contribution >= 4 is 0 Å². The first-order valence-corrected chi connectivity index (χ1v) is 7.99. The van der Waals surface area contributed by atoms with E-state index in [0.29, 0.717) is 18.1 Å². The third-order valence-corrected chi connectivity index (χ3v) is 4.66. The van der Waals surface area contributed by atoms with Crippen molar-refractivity contribution in [1.29, 1.82) is 0 Å². The van der Waals surface area contributed by atoms with Gasteiger partial charge in [0.2, 0.25) is 0 Å². The van der Waals surface area contributed by atoms with Gasteiger partial charge in [-0.1, -0.05) is 19.1 Å². The fraction of sp³-hybridized carbons (Fsp3) is 0.647. The minimum absolute atomic E-state index is 0.419. The molecule has 2 fully saturated rings. The molecule has 2 heterocycles. The lowest BCUT2D eigenvalue weighted by atomic mass is 9.97. The van der Waals surface area contributed by atoms with Crippen LogP contribution in [0.5, 0.6) is 5.75 Å². The zero-order chi connectivity index (χ0) is 13.9. The molecule has 0 spiro atoms. The fourth-order valence-corrected chi connectivity index (χ4v) is 3.74. The summed E-state index contributed by atoms with van der Waals surface area (Å²) in [5.41, 5.74) is 7.51. The van der Waals surface area contributed by atoms with Crippen LogP contribution in [0.25, 0.3) is 0 Å². The first-order valence-electron chi connectivity index (χ1n) is 7.99. The standard InChI is InChI=1S/C17H26N2O/c1-2-8-20-17-5-3-4-13(9-17)12-19-15-6-7-16(19)11-14(18)10-15/h3-5,9,14-16H,2,6-8,10-12,18H2,1H3. The van der Waals surface area contributed by atoms with Gasteiger partial charge < -0.3 is 10.5 Å². The zero-order valence-electron chi connectivity index (χ0n) is 12.4. The highest BCUT2D eigenvalue weighted by Crippen LogP contribution is 2.36. The smallest absolute Gasteiger partial charge is 0.119 e. The average molecular weight is 274 g/mol. The molecule has 3 rings (SSSR count). The van der Waals surface area contributed by atoms with Gasteiger partial charge in [-0.15, -0.1) is 0 Å². The summed E-state index contributed by atoms with van der Waals surface area (Å²) < 4.78 is 5.73. The second kappa shape index (κ2) is 6.15. The van der Waals surface area contributed by atoms with Crippen LogP contribution in [0.4, 0.5) is 0 Å². The lowest BCUT2D eigenvalue weighted by molar-refractivity contribution is 0.120. The van der Waals surface area contributed by atoms with Crippen molar-refractivity contribution in [2.45, 2.75) is 63.7 Å². The second-order valence-electron chi connectivity index (χ2n) is 6.28. The number of nitrogens with two attached hydrogens (primary N) is 1. The largest absolute Gasteiger partial charge is 0.494 e. The van der Waals surface area contributed by atoms with E-state index in [1.54, 1.807) is 0 Å². The summed E-state index contributed by atoms with van der Waals surface area (Å²) >= 11 is 0. The number of hydrogen-bond donors (Lipinski definition) is 1. The molecule has 1 aromatic carbocycles. The Bertz CT molecular complexity index is 434. The maximum Gasteiger partial charge on any atom is 0.119 e. The van der Waals surface area contributed by atoms with Crippen LogP contribution in [0, 0.1) is 0 Å². The minimum atomic E-state index is 0.419. The maximum absolute atomic E-state index is 6.14. The Morgan fingerprint density at radius 1 is 1.25 bits per heavy atom. The number of piperidine rings is 1. The van der Waals surface area contributed by atoms with Gasteiger partial charge in [0.25, 0.3) is 0 Å². The number of benzene rings is 1. The predicted octanol–water partition coefficient (Wildman–Crippen LogP) is 2.93. The van der Waals surface area contributed by atoms with Crippen molar-refractivity contribution in [2.24, 2.45) is 5.73 Å². The SMILES string of the molecule is CCCOc1cccc(CN2C3CCC2CC(N)C3)c1. The van der Waals surface area contributed by atoms with Crippen LogP contribution in [0.2, 0.25) is 0 Å². The molecule has 2 aliphatic rings. The maximum atomic E-state index is 6.14. The molecule has 2 N–H and O–H groups in total. The normalized spacial score (nSPS) is 29.6. The van der Waals surface area contributed by atoms with Crippen LogP contribution in [-0.2, 0) is 6.54 Å². The van der Waals surface area contributed by atoms with Gasteiger partial charge in [0.1, 0.15) is 5.75 Å². The number of nitrogens with zero attached hydrogens (tertiary/aromatic N) is 1. The Balaban J connectivity index is 1.66. The number of hydrogen-bond acceptors (Lipinski definition) is 3. The van der Waals surface area contributed by atoms with E-state index in [2.05, 4.69) is 36.1 Å². The summed E-state index contributed by atoms with van der Waals surface area (Å²) in [6.07, 6.45) is 6.04. The van der Waals surface area contributed by atoms with Crippen molar-refractivity contribution in [3.8, 4) is 5.75 Å². The van der Waals surface area contributed by atoms with Crippen LogP contribution in [0.15, 0.2) is 24.3 Å². The highest BCUT2D eigenvalue weighted by molar-refractivity contribution is 5.28. The van der Waals surface area contributed by atoms with E-state index >= 15 is 0 Å². The molecule has 0 radical (unpaired) electrons. The molecule has 110 valence electrons. The van der Waals surface area contributed by atoms with Gasteiger partial charge in [-0.05, 0) is 49.8 Å². The van der Waals surface area contributed by atoms with Crippen molar-refractivity contribution < 1.29 is 4.74 Å². The zero-order valence-corrected chi connectivity index (χ0v) is 12.4. The molecule has 20 heavy (non-hydrogen) atoms. The van der Waals surface area contributed by atoms with E-state index in [9.17, 15) is 0 Å². The Morgan fingerprint density at radius 3 is 2.70 bits per heavy atom. The van der Waals surface area contributed by atoms with Gasteiger partial charge in [-0.2, -0.15) is 0 Å². The molecule has 1 aromatic rings. The van der Waals surface area contributed by atoms with Gasteiger partial charge >= 0.3 is 0 Å². The highest BCUT2D eigenvalue weighted by Gasteiger charge is 2.39. The van der Waals surface area contributed by atoms with E-state index in [4.69, 9.17) is 10.5 Å².